The maximum atomic E-state index is 12.1. The number of halogens is 1. The number of ether oxygens (including phenoxy) is 1. The zero-order chi connectivity index (χ0) is 14.7. The second-order valence-electron chi connectivity index (χ2n) is 4.47. The van der Waals surface area contributed by atoms with Gasteiger partial charge in [0, 0.05) is 6.54 Å². The van der Waals surface area contributed by atoms with E-state index in [0.29, 0.717) is 17.4 Å². The van der Waals surface area contributed by atoms with Crippen molar-refractivity contribution in [3.8, 4) is 0 Å². The number of rotatable bonds is 2. The number of hydrogen-bond donors (Lipinski definition) is 2. The van der Waals surface area contributed by atoms with Crippen LogP contribution in [0.1, 0.15) is 5.56 Å². The summed E-state index contributed by atoms with van der Waals surface area (Å²) in [7, 11) is 0. The summed E-state index contributed by atoms with van der Waals surface area (Å²) in [5.74, 6) is -0.577. The van der Waals surface area contributed by atoms with Crippen molar-refractivity contribution in [1.29, 1.82) is 0 Å². The number of primary amides is 1. The van der Waals surface area contributed by atoms with E-state index in [9.17, 15) is 9.59 Å². The molecular weight excluding hydrogens is 284 g/mol. The highest BCUT2D eigenvalue weighted by Gasteiger charge is 2.27. The number of carbonyl (C=O) groups excluding carboxylic acids is 2. The number of nitrogens with one attached hydrogen (secondary N) is 1. The van der Waals surface area contributed by atoms with Crippen molar-refractivity contribution in [1.82, 2.24) is 9.88 Å². The normalized spacial score (nSPS) is 18.7. The molecule has 108 valence electrons. The molecule has 0 spiro atoms. The number of nitrogens with zero attached hydrogens (tertiary/aromatic N) is 2. The number of aryl methyl sites for hydroxylation is 1. The van der Waals surface area contributed by atoms with Gasteiger partial charge in [-0.2, -0.15) is 0 Å². The molecule has 0 bridgehead atoms. The molecule has 0 aliphatic carbocycles. The summed E-state index contributed by atoms with van der Waals surface area (Å²) in [5.41, 5.74) is 6.48. The van der Waals surface area contributed by atoms with Gasteiger partial charge in [0.2, 0.25) is 5.91 Å². The molecule has 3 amide bonds. The molecule has 0 radical (unpaired) electrons. The molecule has 1 atom stereocenters. The second-order valence-corrected chi connectivity index (χ2v) is 4.83. The SMILES string of the molecule is Cc1cc(NC(=O)N2CCO[C@H](C(N)=O)C2)cnc1Cl. The predicted octanol–water partition coefficient (Wildman–Crippen LogP) is 0.761. The Morgan fingerprint density at radius 3 is 3.00 bits per heavy atom. The molecule has 1 saturated heterocycles. The van der Waals surface area contributed by atoms with Crippen LogP contribution in [-0.2, 0) is 9.53 Å². The lowest BCUT2D eigenvalue weighted by Crippen LogP contribution is -2.51. The van der Waals surface area contributed by atoms with Gasteiger partial charge in [0.1, 0.15) is 5.15 Å². The van der Waals surface area contributed by atoms with Crippen molar-refractivity contribution in [2.24, 2.45) is 5.73 Å². The fourth-order valence-corrected chi connectivity index (χ4v) is 1.94. The van der Waals surface area contributed by atoms with Crippen molar-refractivity contribution >= 4 is 29.2 Å². The molecule has 1 aliphatic heterocycles. The van der Waals surface area contributed by atoms with E-state index in [-0.39, 0.29) is 19.2 Å². The van der Waals surface area contributed by atoms with Crippen LogP contribution < -0.4 is 11.1 Å². The quantitative estimate of drug-likeness (QED) is 0.788. The highest BCUT2D eigenvalue weighted by Crippen LogP contribution is 2.17. The molecule has 0 unspecified atom stereocenters. The summed E-state index contributed by atoms with van der Waals surface area (Å²) < 4.78 is 5.18. The minimum absolute atomic E-state index is 0.140. The van der Waals surface area contributed by atoms with Gasteiger partial charge >= 0.3 is 6.03 Å². The lowest BCUT2D eigenvalue weighted by Gasteiger charge is -2.31. The number of pyridine rings is 1. The molecule has 1 aromatic rings. The minimum Gasteiger partial charge on any atom is -0.367 e. The maximum absolute atomic E-state index is 12.1. The number of urea groups is 1. The number of amides is 3. The Labute approximate surface area is 121 Å². The van der Waals surface area contributed by atoms with Crippen molar-refractivity contribution in [3.05, 3.63) is 23.0 Å². The number of hydrogen-bond acceptors (Lipinski definition) is 4. The van der Waals surface area contributed by atoms with Crippen LogP contribution in [0.3, 0.4) is 0 Å². The van der Waals surface area contributed by atoms with E-state index in [1.807, 2.05) is 0 Å². The van der Waals surface area contributed by atoms with E-state index in [4.69, 9.17) is 22.1 Å². The first-order chi connectivity index (χ1) is 9.47. The first-order valence-corrected chi connectivity index (χ1v) is 6.44. The van der Waals surface area contributed by atoms with E-state index in [1.165, 1.54) is 11.1 Å². The number of anilines is 1. The summed E-state index contributed by atoms with van der Waals surface area (Å²) in [6.45, 7) is 2.61. The average Bonchev–Trinajstić information content (AvgIpc) is 2.43. The largest absolute Gasteiger partial charge is 0.367 e. The fourth-order valence-electron chi connectivity index (χ4n) is 1.83. The van der Waals surface area contributed by atoms with Crippen LogP contribution in [0.15, 0.2) is 12.3 Å². The van der Waals surface area contributed by atoms with E-state index in [2.05, 4.69) is 10.3 Å². The lowest BCUT2D eigenvalue weighted by atomic mass is 10.2. The summed E-state index contributed by atoms with van der Waals surface area (Å²) in [5, 5.41) is 3.09. The van der Waals surface area contributed by atoms with E-state index < -0.39 is 12.0 Å². The zero-order valence-electron chi connectivity index (χ0n) is 10.9. The van der Waals surface area contributed by atoms with Gasteiger partial charge < -0.3 is 20.7 Å². The minimum atomic E-state index is -0.764. The van der Waals surface area contributed by atoms with Gasteiger partial charge in [-0.15, -0.1) is 0 Å². The number of aromatic nitrogens is 1. The molecule has 1 fully saturated rings. The Kier molecular flexibility index (Phi) is 4.41. The highest BCUT2D eigenvalue weighted by atomic mass is 35.5. The summed E-state index contributed by atoms with van der Waals surface area (Å²) in [4.78, 5) is 28.6. The van der Waals surface area contributed by atoms with Gasteiger partial charge in [-0.05, 0) is 18.6 Å². The molecule has 0 saturated carbocycles. The molecule has 1 aromatic heterocycles. The molecule has 7 nitrogen and oxygen atoms in total. The van der Waals surface area contributed by atoms with Crippen LogP contribution >= 0.6 is 11.6 Å². The molecular formula is C12H15ClN4O3. The predicted molar refractivity (Wildman–Crippen MR) is 73.5 cm³/mol. The van der Waals surface area contributed by atoms with Gasteiger partial charge in [-0.3, -0.25) is 4.79 Å². The van der Waals surface area contributed by atoms with Gasteiger partial charge in [0.15, 0.2) is 6.10 Å². The maximum Gasteiger partial charge on any atom is 0.322 e. The Hall–Kier alpha value is -1.86. The molecule has 2 heterocycles. The molecule has 3 N–H and O–H groups in total. The van der Waals surface area contributed by atoms with Crippen LogP contribution in [-0.4, -0.2) is 47.6 Å². The average molecular weight is 299 g/mol. The smallest absolute Gasteiger partial charge is 0.322 e. The van der Waals surface area contributed by atoms with Crippen molar-refractivity contribution in [2.45, 2.75) is 13.0 Å². The monoisotopic (exact) mass is 298 g/mol. The van der Waals surface area contributed by atoms with E-state index in [1.54, 1.807) is 13.0 Å². The zero-order valence-corrected chi connectivity index (χ0v) is 11.7. The van der Waals surface area contributed by atoms with Gasteiger partial charge in [0.25, 0.3) is 0 Å². The lowest BCUT2D eigenvalue weighted by molar-refractivity contribution is -0.133. The van der Waals surface area contributed by atoms with Crippen LogP contribution in [0.25, 0.3) is 0 Å². The topological polar surface area (TPSA) is 97.5 Å². The van der Waals surface area contributed by atoms with Crippen LogP contribution in [0.4, 0.5) is 10.5 Å². The van der Waals surface area contributed by atoms with E-state index >= 15 is 0 Å². The van der Waals surface area contributed by atoms with Gasteiger partial charge in [0.05, 0.1) is 25.0 Å². The van der Waals surface area contributed by atoms with Crippen molar-refractivity contribution in [3.63, 3.8) is 0 Å². The molecule has 2 rings (SSSR count). The fraction of sp³-hybridized carbons (Fsp3) is 0.417. The Balaban J connectivity index is 2.00. The third kappa shape index (κ3) is 3.37. The Morgan fingerprint density at radius 1 is 1.60 bits per heavy atom. The van der Waals surface area contributed by atoms with Gasteiger partial charge in [-0.25, -0.2) is 9.78 Å². The first kappa shape index (κ1) is 14.5. The summed E-state index contributed by atoms with van der Waals surface area (Å²) in [6.07, 6.45) is 0.707. The van der Waals surface area contributed by atoms with Crippen molar-refractivity contribution in [2.75, 3.05) is 25.0 Å². The Bertz CT molecular complexity index is 537. The molecule has 0 aromatic carbocycles. The molecule has 8 heteroatoms. The van der Waals surface area contributed by atoms with Crippen LogP contribution in [0, 0.1) is 6.92 Å². The molecule has 20 heavy (non-hydrogen) atoms. The van der Waals surface area contributed by atoms with Crippen LogP contribution in [0.5, 0.6) is 0 Å². The number of nitrogens with two attached hydrogens (primary N) is 1. The van der Waals surface area contributed by atoms with Crippen molar-refractivity contribution < 1.29 is 14.3 Å². The third-order valence-electron chi connectivity index (χ3n) is 2.94. The highest BCUT2D eigenvalue weighted by molar-refractivity contribution is 6.30. The van der Waals surface area contributed by atoms with Crippen LogP contribution in [0.2, 0.25) is 5.15 Å². The van der Waals surface area contributed by atoms with Gasteiger partial charge in [-0.1, -0.05) is 11.6 Å². The number of morpholine rings is 1. The first-order valence-electron chi connectivity index (χ1n) is 6.06. The second kappa shape index (κ2) is 6.06. The summed E-state index contributed by atoms with van der Waals surface area (Å²) >= 11 is 5.82. The number of carbonyl (C=O) groups is 2. The molecule has 1 aliphatic rings. The summed E-state index contributed by atoms with van der Waals surface area (Å²) in [6, 6.07) is 1.39. The Morgan fingerprint density at radius 2 is 2.35 bits per heavy atom. The standard InChI is InChI=1S/C12H15ClN4O3/c1-7-4-8(5-15-10(7)13)16-12(19)17-2-3-20-9(6-17)11(14)18/h4-5,9H,2-3,6H2,1H3,(H2,14,18)(H,16,19)/t9-/m0/s1. The van der Waals surface area contributed by atoms with E-state index in [0.717, 1.165) is 5.56 Å². The third-order valence-corrected chi connectivity index (χ3v) is 3.33.